The third-order valence-electron chi connectivity index (χ3n) is 5.29. The normalized spacial score (nSPS) is 17.5. The van der Waals surface area contributed by atoms with Crippen molar-refractivity contribution in [1.82, 2.24) is 9.58 Å². The number of hydrazone groups is 1. The fourth-order valence-electron chi connectivity index (χ4n) is 3.59. The summed E-state index contributed by atoms with van der Waals surface area (Å²) in [6.45, 7) is 10.4. The summed E-state index contributed by atoms with van der Waals surface area (Å²) in [5, 5.41) is 14.9. The quantitative estimate of drug-likeness (QED) is 0.683. The van der Waals surface area contributed by atoms with Crippen LogP contribution >= 0.6 is 23.5 Å². The zero-order valence-electron chi connectivity index (χ0n) is 17.6. The van der Waals surface area contributed by atoms with E-state index in [9.17, 15) is 4.79 Å². The third-order valence-corrected chi connectivity index (χ3v) is 7.21. The van der Waals surface area contributed by atoms with Crippen LogP contribution in [-0.4, -0.2) is 36.6 Å². The molecule has 2 aromatic rings. The molecule has 1 aromatic carbocycles. The van der Waals surface area contributed by atoms with Crippen molar-refractivity contribution in [1.29, 1.82) is 5.41 Å². The van der Waals surface area contributed by atoms with Gasteiger partial charge >= 0.3 is 0 Å². The van der Waals surface area contributed by atoms with Crippen molar-refractivity contribution in [2.45, 2.75) is 34.6 Å². The van der Waals surface area contributed by atoms with E-state index in [1.807, 2.05) is 19.9 Å². The first-order valence-electron chi connectivity index (χ1n) is 9.70. The molecule has 0 radical (unpaired) electrons. The molecule has 0 bridgehead atoms. The predicted molar refractivity (Wildman–Crippen MR) is 128 cm³/mol. The molecule has 1 N–H and O–H groups in total. The highest BCUT2D eigenvalue weighted by Gasteiger charge is 2.35. The van der Waals surface area contributed by atoms with Crippen LogP contribution in [0.15, 0.2) is 39.9 Å². The molecule has 8 heteroatoms. The molecule has 0 atom stereocenters. The maximum atomic E-state index is 12.7. The van der Waals surface area contributed by atoms with Gasteiger partial charge in [0, 0.05) is 17.1 Å². The monoisotopic (exact) mass is 437 g/mol. The molecule has 0 spiro atoms. The molecule has 154 valence electrons. The van der Waals surface area contributed by atoms with E-state index in [0.29, 0.717) is 5.17 Å². The summed E-state index contributed by atoms with van der Waals surface area (Å²) in [6.07, 6.45) is 1.76. The van der Waals surface area contributed by atoms with Crippen molar-refractivity contribution in [2.24, 2.45) is 10.1 Å². The van der Waals surface area contributed by atoms with E-state index in [4.69, 9.17) is 5.41 Å². The molecule has 0 fully saturated rings. The first-order chi connectivity index (χ1) is 14.3. The number of fused-ring (bicyclic) bond motifs is 1. The van der Waals surface area contributed by atoms with Gasteiger partial charge in [0.2, 0.25) is 5.17 Å². The number of nitrogens with zero attached hydrogens (tertiary/aromatic N) is 4. The molecule has 6 nitrogen and oxygen atoms in total. The van der Waals surface area contributed by atoms with Crippen LogP contribution in [0.2, 0.25) is 0 Å². The van der Waals surface area contributed by atoms with E-state index in [2.05, 4.69) is 53.6 Å². The van der Waals surface area contributed by atoms with Crippen molar-refractivity contribution >= 4 is 50.9 Å². The molecule has 0 unspecified atom stereocenters. The minimum atomic E-state index is -0.395. The molecule has 1 aromatic heterocycles. The second kappa shape index (κ2) is 7.92. The van der Waals surface area contributed by atoms with Crippen LogP contribution in [0.5, 0.6) is 0 Å². The Hall–Kier alpha value is -2.58. The van der Waals surface area contributed by atoms with Gasteiger partial charge in [-0.05, 0) is 80.1 Å². The molecule has 2 aliphatic rings. The van der Waals surface area contributed by atoms with Crippen LogP contribution in [0.4, 0.5) is 0 Å². The van der Waals surface area contributed by atoms with Crippen LogP contribution in [-0.2, 0) is 4.79 Å². The lowest BCUT2D eigenvalue weighted by atomic mass is 10.1. The fourth-order valence-corrected chi connectivity index (χ4v) is 5.42. The largest absolute Gasteiger partial charge is 0.318 e. The number of carbonyl (C=O) groups excluding carboxylic acids is 1. The van der Waals surface area contributed by atoms with Gasteiger partial charge in [-0.15, -0.1) is 5.10 Å². The van der Waals surface area contributed by atoms with Gasteiger partial charge in [0.25, 0.3) is 5.91 Å². The molecule has 2 aliphatic heterocycles. The molecule has 30 heavy (non-hydrogen) atoms. The van der Waals surface area contributed by atoms with Gasteiger partial charge in [0.15, 0.2) is 10.2 Å². The first-order valence-corrected chi connectivity index (χ1v) is 11.5. The number of aromatic nitrogens is 1. The van der Waals surface area contributed by atoms with Gasteiger partial charge in [-0.1, -0.05) is 30.8 Å². The average Bonchev–Trinajstić information content (AvgIpc) is 3.22. The summed E-state index contributed by atoms with van der Waals surface area (Å²) in [5.41, 5.74) is 6.83. The van der Waals surface area contributed by atoms with Crippen LogP contribution in [0.1, 0.15) is 35.0 Å². The van der Waals surface area contributed by atoms with Crippen molar-refractivity contribution < 1.29 is 4.79 Å². The topological polar surface area (TPSA) is 73.8 Å². The molecular formula is C22H23N5OS2. The number of nitrogens with one attached hydrogen (secondary N) is 1. The highest BCUT2D eigenvalue weighted by molar-refractivity contribution is 8.45. The Balaban J connectivity index is 1.75. The number of amidine groups is 2. The third kappa shape index (κ3) is 3.44. The second-order valence-electron chi connectivity index (χ2n) is 7.20. The predicted octanol–water partition coefficient (Wildman–Crippen LogP) is 5.04. The maximum absolute atomic E-state index is 12.7. The van der Waals surface area contributed by atoms with Gasteiger partial charge in [-0.25, -0.2) is 0 Å². The summed E-state index contributed by atoms with van der Waals surface area (Å²) in [4.78, 5) is 16.9. The van der Waals surface area contributed by atoms with Gasteiger partial charge in [0.05, 0.1) is 5.57 Å². The highest BCUT2D eigenvalue weighted by atomic mass is 32.2. The van der Waals surface area contributed by atoms with Gasteiger partial charge in [0.1, 0.15) is 0 Å². The number of thioether (sulfide) groups is 2. The van der Waals surface area contributed by atoms with E-state index in [1.54, 1.807) is 17.8 Å². The lowest BCUT2D eigenvalue weighted by Gasteiger charge is -2.20. The molecule has 1 amide bonds. The number of hydrogen-bond acceptors (Lipinski definition) is 5. The summed E-state index contributed by atoms with van der Waals surface area (Å²) in [5.74, 6) is 0.551. The Morgan fingerprint density at radius 1 is 1.23 bits per heavy atom. The number of aryl methyl sites for hydroxylation is 2. The number of aliphatic imine (C=N–C) groups is 1. The molecular weight excluding hydrogens is 414 g/mol. The Labute approximate surface area is 184 Å². The lowest BCUT2D eigenvalue weighted by molar-refractivity contribution is -0.114. The van der Waals surface area contributed by atoms with Crippen LogP contribution in [0, 0.1) is 33.1 Å². The zero-order chi connectivity index (χ0) is 21.6. The van der Waals surface area contributed by atoms with Crippen molar-refractivity contribution in [3.05, 3.63) is 57.9 Å². The first kappa shape index (κ1) is 20.7. The van der Waals surface area contributed by atoms with E-state index >= 15 is 0 Å². The van der Waals surface area contributed by atoms with E-state index in [0.717, 1.165) is 32.8 Å². The molecule has 4 rings (SSSR count). The van der Waals surface area contributed by atoms with E-state index in [1.165, 1.54) is 27.9 Å². The molecule has 0 saturated carbocycles. The highest BCUT2D eigenvalue weighted by Crippen LogP contribution is 2.33. The van der Waals surface area contributed by atoms with Gasteiger partial charge in [-0.3, -0.25) is 10.2 Å². The number of rotatable bonds is 3. The molecule has 0 saturated heterocycles. The number of amides is 1. The fraction of sp³-hybridized carbons (Fsp3) is 0.273. The minimum Gasteiger partial charge on any atom is -0.318 e. The molecule has 0 aliphatic carbocycles. The summed E-state index contributed by atoms with van der Waals surface area (Å²) < 4.78 is 3.00. The van der Waals surface area contributed by atoms with Crippen LogP contribution < -0.4 is 0 Å². The Bertz CT molecular complexity index is 1170. The number of carbonyl (C=O) groups is 1. The summed E-state index contributed by atoms with van der Waals surface area (Å²) >= 11 is 2.92. The Morgan fingerprint density at radius 3 is 2.73 bits per heavy atom. The van der Waals surface area contributed by atoms with Crippen molar-refractivity contribution in [3.63, 3.8) is 0 Å². The van der Waals surface area contributed by atoms with Crippen molar-refractivity contribution in [2.75, 3.05) is 5.75 Å². The average molecular weight is 438 g/mol. The van der Waals surface area contributed by atoms with E-state index < -0.39 is 5.91 Å². The van der Waals surface area contributed by atoms with Crippen molar-refractivity contribution in [3.8, 4) is 5.69 Å². The standard InChI is InChI=1S/C22H23N5OS2/c1-6-29-22-25-27-19(23)17(20(28)24-21(27)30-22)11-16-10-13(3)26(15(16)5)18-9-7-8-12(2)14(18)4/h7-11,23H,6H2,1-5H3/b17-11-,23-19?. The second-order valence-corrected chi connectivity index (χ2v) is 9.67. The smallest absolute Gasteiger partial charge is 0.283 e. The van der Waals surface area contributed by atoms with E-state index in [-0.39, 0.29) is 11.4 Å². The summed E-state index contributed by atoms with van der Waals surface area (Å²) in [7, 11) is 0. The zero-order valence-corrected chi connectivity index (χ0v) is 19.2. The summed E-state index contributed by atoms with van der Waals surface area (Å²) in [6, 6.07) is 8.31. The van der Waals surface area contributed by atoms with Gasteiger partial charge < -0.3 is 4.57 Å². The van der Waals surface area contributed by atoms with Gasteiger partial charge in [-0.2, -0.15) is 10.0 Å². The van der Waals surface area contributed by atoms with Crippen LogP contribution in [0.25, 0.3) is 11.8 Å². The number of hydrogen-bond donors (Lipinski definition) is 1. The Morgan fingerprint density at radius 2 is 2.00 bits per heavy atom. The number of benzene rings is 1. The van der Waals surface area contributed by atoms with Crippen LogP contribution in [0.3, 0.4) is 0 Å². The minimum absolute atomic E-state index is 0.0701. The molecule has 3 heterocycles. The SMILES string of the molecule is CCSC1=NN2C(=N)/C(=C/c3cc(C)n(-c4cccc(C)c4C)c3C)C(=O)N=C2S1. The lowest BCUT2D eigenvalue weighted by Crippen LogP contribution is -2.35. The maximum Gasteiger partial charge on any atom is 0.283 e. The Kier molecular flexibility index (Phi) is 5.46.